The number of carboxylic acids is 4. The maximum atomic E-state index is 9.10. The van der Waals surface area contributed by atoms with Crippen LogP contribution in [-0.4, -0.2) is 78.9 Å². The van der Waals surface area contributed by atoms with Crippen molar-refractivity contribution >= 4 is 23.9 Å². The monoisotopic (exact) mass is 272 g/mol. The number of aliphatic hydroxyl groups excluding tert-OH is 3. The molecule has 11 nitrogen and oxygen atoms in total. The number of rotatable bonds is 2. The van der Waals surface area contributed by atoms with E-state index < -0.39 is 30.0 Å². The van der Waals surface area contributed by atoms with Crippen LogP contribution in [-0.2, 0) is 19.2 Å². The van der Waals surface area contributed by atoms with Crippen molar-refractivity contribution in [1.82, 2.24) is 0 Å². The molecule has 106 valence electrons. The Morgan fingerprint density at radius 1 is 0.667 bits per heavy atom. The van der Waals surface area contributed by atoms with Crippen LogP contribution in [0.1, 0.15) is 0 Å². The molecule has 0 aliphatic heterocycles. The summed E-state index contributed by atoms with van der Waals surface area (Å²) in [5.74, 6) is -7.30. The third-order valence-electron chi connectivity index (χ3n) is 0.787. The Morgan fingerprint density at radius 2 is 0.833 bits per heavy atom. The van der Waals surface area contributed by atoms with Gasteiger partial charge in [0.15, 0.2) is 0 Å². The lowest BCUT2D eigenvalue weighted by Gasteiger charge is -1.96. The van der Waals surface area contributed by atoms with Crippen LogP contribution in [0.15, 0.2) is 0 Å². The van der Waals surface area contributed by atoms with E-state index in [0.29, 0.717) is 0 Å². The first-order valence-electron chi connectivity index (χ1n) is 3.92. The average Bonchev–Trinajstić information content (AvgIpc) is 2.29. The second-order valence-corrected chi connectivity index (χ2v) is 2.24. The van der Waals surface area contributed by atoms with E-state index in [1.54, 1.807) is 0 Å². The molecule has 0 amide bonds. The fourth-order valence-electron chi connectivity index (χ4n) is 0.0577. The molecule has 0 aliphatic carbocycles. The molecule has 7 N–H and O–H groups in total. The van der Waals surface area contributed by atoms with Crippen LogP contribution in [0.2, 0.25) is 0 Å². The van der Waals surface area contributed by atoms with Crippen LogP contribution in [0.3, 0.4) is 0 Å². The van der Waals surface area contributed by atoms with Gasteiger partial charge in [-0.25, -0.2) is 19.2 Å². The number of hydrogen-bond acceptors (Lipinski definition) is 7. The van der Waals surface area contributed by atoms with E-state index in [-0.39, 0.29) is 13.2 Å². The Bertz CT molecular complexity index is 231. The molecule has 0 atom stereocenters. The molecule has 0 fully saturated rings. The van der Waals surface area contributed by atoms with Crippen LogP contribution < -0.4 is 0 Å². The zero-order valence-electron chi connectivity index (χ0n) is 8.76. The summed E-state index contributed by atoms with van der Waals surface area (Å²) in [7, 11) is 0. The highest BCUT2D eigenvalue weighted by Crippen LogP contribution is 1.71. The van der Waals surface area contributed by atoms with Crippen molar-refractivity contribution in [2.45, 2.75) is 6.10 Å². The van der Waals surface area contributed by atoms with Crippen molar-refractivity contribution in [3.8, 4) is 0 Å². The number of aliphatic carboxylic acids is 4. The van der Waals surface area contributed by atoms with Gasteiger partial charge in [-0.1, -0.05) is 0 Å². The summed E-state index contributed by atoms with van der Waals surface area (Å²) in [4.78, 5) is 36.4. The number of aliphatic hydroxyl groups is 3. The van der Waals surface area contributed by atoms with Crippen molar-refractivity contribution < 1.29 is 54.9 Å². The van der Waals surface area contributed by atoms with Gasteiger partial charge in [0, 0.05) is 0 Å². The fraction of sp³-hybridized carbons (Fsp3) is 0.429. The normalized spacial score (nSPS) is 8.22. The summed E-state index contributed by atoms with van der Waals surface area (Å²) in [6.07, 6.45) is -0.954. The molecule has 0 saturated carbocycles. The first-order valence-corrected chi connectivity index (χ1v) is 3.92. The summed E-state index contributed by atoms with van der Waals surface area (Å²) in [5.41, 5.74) is 0. The quantitative estimate of drug-likeness (QED) is 0.246. The van der Waals surface area contributed by atoms with E-state index >= 15 is 0 Å². The van der Waals surface area contributed by atoms with Gasteiger partial charge in [0.2, 0.25) is 0 Å². The standard InChI is InChI=1S/C3H8O3.2C2H2O4/c4-1-3(6)2-5;2*3-1(4)2(5)6/h3-6H,1-2H2;2*(H,3,4)(H,5,6). The highest BCUT2D eigenvalue weighted by molar-refractivity contribution is 6.27. The van der Waals surface area contributed by atoms with Gasteiger partial charge in [0.1, 0.15) is 6.10 Å². The van der Waals surface area contributed by atoms with Crippen molar-refractivity contribution in [2.24, 2.45) is 0 Å². The Hall–Kier alpha value is -2.24. The lowest BCUT2D eigenvalue weighted by molar-refractivity contribution is -0.159. The molecule has 11 heteroatoms. The molecule has 0 rings (SSSR count). The minimum atomic E-state index is -1.82. The van der Waals surface area contributed by atoms with Crippen LogP contribution in [0.25, 0.3) is 0 Å². The molecular weight excluding hydrogens is 260 g/mol. The molecule has 0 bridgehead atoms. The molecule has 0 heterocycles. The zero-order chi connectivity index (χ0) is 15.3. The van der Waals surface area contributed by atoms with Crippen molar-refractivity contribution in [1.29, 1.82) is 0 Å². The predicted octanol–water partition coefficient (Wildman–Crippen LogP) is -3.36. The number of carboxylic acid groups (broad SMARTS) is 4. The Morgan fingerprint density at radius 3 is 0.833 bits per heavy atom. The van der Waals surface area contributed by atoms with Gasteiger partial charge >= 0.3 is 23.9 Å². The van der Waals surface area contributed by atoms with Crippen molar-refractivity contribution in [2.75, 3.05) is 13.2 Å². The topological polar surface area (TPSA) is 210 Å². The third-order valence-corrected chi connectivity index (χ3v) is 0.787. The first-order chi connectivity index (χ1) is 8.09. The average molecular weight is 272 g/mol. The molecular formula is C7H12O11. The fourth-order valence-corrected chi connectivity index (χ4v) is 0.0577. The highest BCUT2D eigenvalue weighted by Gasteiger charge is 2.04. The van der Waals surface area contributed by atoms with Crippen LogP contribution in [0.5, 0.6) is 0 Å². The first kappa shape index (κ1) is 21.1. The van der Waals surface area contributed by atoms with Crippen molar-refractivity contribution in [3.05, 3.63) is 0 Å². The SMILES string of the molecule is O=C(O)C(=O)O.O=C(O)C(=O)O.OCC(O)CO. The van der Waals surface area contributed by atoms with Crippen LogP contribution in [0, 0.1) is 0 Å². The molecule has 0 aromatic carbocycles. The van der Waals surface area contributed by atoms with Gasteiger partial charge in [0.05, 0.1) is 13.2 Å². The maximum absolute atomic E-state index is 9.10. The van der Waals surface area contributed by atoms with Gasteiger partial charge in [0.25, 0.3) is 0 Å². The van der Waals surface area contributed by atoms with E-state index in [4.69, 9.17) is 54.9 Å². The molecule has 0 saturated heterocycles. The summed E-state index contributed by atoms with van der Waals surface area (Å²) < 4.78 is 0. The highest BCUT2D eigenvalue weighted by atomic mass is 16.4. The van der Waals surface area contributed by atoms with E-state index in [1.165, 1.54) is 0 Å². The number of hydrogen-bond donors (Lipinski definition) is 7. The molecule has 0 aliphatic rings. The van der Waals surface area contributed by atoms with Gasteiger partial charge in [-0.2, -0.15) is 0 Å². The van der Waals surface area contributed by atoms with Crippen LogP contribution >= 0.6 is 0 Å². The van der Waals surface area contributed by atoms with Gasteiger partial charge in [-0.3, -0.25) is 0 Å². The van der Waals surface area contributed by atoms with Crippen molar-refractivity contribution in [3.63, 3.8) is 0 Å². The summed E-state index contributed by atoms with van der Waals surface area (Å²) >= 11 is 0. The smallest absolute Gasteiger partial charge is 0.414 e. The Kier molecular flexibility index (Phi) is 15.0. The van der Waals surface area contributed by atoms with E-state index in [2.05, 4.69) is 0 Å². The lowest BCUT2D eigenvalue weighted by Crippen LogP contribution is -2.15. The van der Waals surface area contributed by atoms with Gasteiger partial charge in [-0.15, -0.1) is 0 Å². The zero-order valence-corrected chi connectivity index (χ0v) is 8.76. The molecule has 0 aromatic rings. The van der Waals surface area contributed by atoms with Gasteiger partial charge in [-0.05, 0) is 0 Å². The van der Waals surface area contributed by atoms with Crippen LogP contribution in [0.4, 0.5) is 0 Å². The second-order valence-electron chi connectivity index (χ2n) is 2.24. The Balaban J connectivity index is -0.000000187. The second kappa shape index (κ2) is 12.8. The van der Waals surface area contributed by atoms with E-state index in [0.717, 1.165) is 0 Å². The summed E-state index contributed by atoms with van der Waals surface area (Å²) in [5, 5.41) is 53.6. The summed E-state index contributed by atoms with van der Waals surface area (Å²) in [6.45, 7) is -0.729. The third kappa shape index (κ3) is 23.5. The molecule has 18 heavy (non-hydrogen) atoms. The lowest BCUT2D eigenvalue weighted by atomic mass is 10.4. The van der Waals surface area contributed by atoms with E-state index in [1.807, 2.05) is 0 Å². The number of carbonyl (C=O) groups is 4. The predicted molar refractivity (Wildman–Crippen MR) is 50.7 cm³/mol. The minimum absolute atomic E-state index is 0.365. The summed E-state index contributed by atoms with van der Waals surface area (Å²) in [6, 6.07) is 0. The molecule has 0 radical (unpaired) electrons. The maximum Gasteiger partial charge on any atom is 0.414 e. The molecule has 0 aromatic heterocycles. The minimum Gasteiger partial charge on any atom is -0.473 e. The van der Waals surface area contributed by atoms with Gasteiger partial charge < -0.3 is 35.7 Å². The molecule has 0 spiro atoms. The van der Waals surface area contributed by atoms with E-state index in [9.17, 15) is 0 Å². The molecule has 0 unspecified atom stereocenters. The Labute approximate surface area is 99.1 Å². The largest absolute Gasteiger partial charge is 0.473 e.